The molecule has 0 unspecified atom stereocenters. The van der Waals surface area contributed by atoms with Crippen LogP contribution in [0, 0.1) is 6.92 Å². The standard InChI is InChI=1S/C25H27NO5/c1-16-19-12-17-7-10-25(8-3-2-4-9-25)31-21(17)14-22(19)30-24(28)20(16)13-23(27)26-15-18-6-5-11-29-18/h5-6,11-12,14H,2-4,7-10,13,15H2,1H3,(H,26,27). The third-order valence-corrected chi connectivity index (χ3v) is 6.79. The molecule has 162 valence electrons. The van der Waals surface area contributed by atoms with Crippen molar-refractivity contribution in [3.05, 3.63) is 63.4 Å². The molecule has 31 heavy (non-hydrogen) atoms. The third-order valence-electron chi connectivity index (χ3n) is 6.79. The molecule has 3 heterocycles. The largest absolute Gasteiger partial charge is 0.487 e. The van der Waals surface area contributed by atoms with Crippen LogP contribution < -0.4 is 15.7 Å². The number of furan rings is 1. The Bertz CT molecular complexity index is 1170. The molecule has 1 spiro atoms. The first-order valence-electron chi connectivity index (χ1n) is 11.1. The van der Waals surface area contributed by atoms with E-state index in [-0.39, 0.29) is 24.5 Å². The molecule has 0 bridgehead atoms. The third kappa shape index (κ3) is 3.87. The van der Waals surface area contributed by atoms with Crippen LogP contribution >= 0.6 is 0 Å². The molecule has 1 aliphatic heterocycles. The predicted octanol–water partition coefficient (Wildman–Crippen LogP) is 4.58. The fraction of sp³-hybridized carbons (Fsp3) is 0.440. The van der Waals surface area contributed by atoms with Gasteiger partial charge >= 0.3 is 5.63 Å². The highest BCUT2D eigenvalue weighted by Gasteiger charge is 2.37. The Morgan fingerprint density at radius 1 is 1.16 bits per heavy atom. The Balaban J connectivity index is 1.41. The van der Waals surface area contributed by atoms with Gasteiger partial charge in [-0.3, -0.25) is 4.79 Å². The van der Waals surface area contributed by atoms with Crippen LogP contribution in [-0.4, -0.2) is 11.5 Å². The van der Waals surface area contributed by atoms with Gasteiger partial charge in [-0.2, -0.15) is 0 Å². The maximum Gasteiger partial charge on any atom is 0.340 e. The lowest BCUT2D eigenvalue weighted by atomic mass is 9.79. The van der Waals surface area contributed by atoms with Gasteiger partial charge in [-0.1, -0.05) is 6.42 Å². The molecule has 6 heteroatoms. The van der Waals surface area contributed by atoms with Gasteiger partial charge in [0.25, 0.3) is 0 Å². The number of amides is 1. The molecule has 2 aliphatic rings. The van der Waals surface area contributed by atoms with E-state index in [1.54, 1.807) is 18.4 Å². The fourth-order valence-electron chi connectivity index (χ4n) is 4.97. The Morgan fingerprint density at radius 2 is 2.00 bits per heavy atom. The maximum absolute atomic E-state index is 12.7. The first kappa shape index (κ1) is 19.9. The Kier molecular flexibility index (Phi) is 5.08. The lowest BCUT2D eigenvalue weighted by Crippen LogP contribution is -2.41. The van der Waals surface area contributed by atoms with Crippen LogP contribution in [0.5, 0.6) is 5.75 Å². The Morgan fingerprint density at radius 3 is 2.77 bits per heavy atom. The molecule has 5 rings (SSSR count). The van der Waals surface area contributed by atoms with Crippen molar-refractivity contribution in [3.8, 4) is 5.75 Å². The van der Waals surface area contributed by atoms with Gasteiger partial charge in [0.15, 0.2) is 0 Å². The van der Waals surface area contributed by atoms with E-state index < -0.39 is 5.63 Å². The zero-order valence-electron chi connectivity index (χ0n) is 17.8. The van der Waals surface area contributed by atoms with Crippen LogP contribution in [0.15, 0.2) is 44.2 Å². The summed E-state index contributed by atoms with van der Waals surface area (Å²) in [5.41, 5.74) is 2.33. The number of carbonyl (C=O) groups excluding carboxylic acids is 1. The summed E-state index contributed by atoms with van der Waals surface area (Å²) in [5.74, 6) is 1.26. The predicted molar refractivity (Wildman–Crippen MR) is 116 cm³/mol. The number of carbonyl (C=O) groups is 1. The fourth-order valence-corrected chi connectivity index (χ4v) is 4.97. The summed E-state index contributed by atoms with van der Waals surface area (Å²) in [6, 6.07) is 7.50. The normalized spacial score (nSPS) is 17.3. The molecule has 0 atom stereocenters. The van der Waals surface area contributed by atoms with Crippen molar-refractivity contribution < 1.29 is 18.4 Å². The lowest BCUT2D eigenvalue weighted by molar-refractivity contribution is -0.120. The summed E-state index contributed by atoms with van der Waals surface area (Å²) < 4.78 is 17.3. The zero-order chi connectivity index (χ0) is 21.4. The minimum atomic E-state index is -0.471. The molecular formula is C25H27NO5. The molecule has 1 aromatic carbocycles. The van der Waals surface area contributed by atoms with Gasteiger partial charge in [0, 0.05) is 11.5 Å². The number of hydrogen-bond acceptors (Lipinski definition) is 5. The molecule has 6 nitrogen and oxygen atoms in total. The van der Waals surface area contributed by atoms with Crippen molar-refractivity contribution >= 4 is 16.9 Å². The van der Waals surface area contributed by atoms with Crippen molar-refractivity contribution in [2.24, 2.45) is 0 Å². The highest BCUT2D eigenvalue weighted by Crippen LogP contribution is 2.43. The van der Waals surface area contributed by atoms with E-state index in [1.807, 2.05) is 13.0 Å². The molecule has 1 saturated carbocycles. The van der Waals surface area contributed by atoms with Crippen LogP contribution in [0.2, 0.25) is 0 Å². The molecule has 1 N–H and O–H groups in total. The first-order chi connectivity index (χ1) is 15.0. The van der Waals surface area contributed by atoms with Crippen LogP contribution in [0.25, 0.3) is 11.0 Å². The summed E-state index contributed by atoms with van der Waals surface area (Å²) in [5, 5.41) is 3.66. The summed E-state index contributed by atoms with van der Waals surface area (Å²) in [4.78, 5) is 25.1. The molecule has 1 fully saturated rings. The van der Waals surface area contributed by atoms with Crippen LogP contribution in [-0.2, 0) is 24.2 Å². The average molecular weight is 421 g/mol. The monoisotopic (exact) mass is 421 g/mol. The summed E-state index contributed by atoms with van der Waals surface area (Å²) in [6.45, 7) is 2.17. The second-order valence-corrected chi connectivity index (χ2v) is 8.83. The zero-order valence-corrected chi connectivity index (χ0v) is 17.8. The number of aryl methyl sites for hydroxylation is 2. The number of nitrogens with one attached hydrogen (secondary N) is 1. The van der Waals surface area contributed by atoms with E-state index in [0.717, 1.165) is 47.9 Å². The smallest absolute Gasteiger partial charge is 0.340 e. The van der Waals surface area contributed by atoms with Gasteiger partial charge in [-0.05, 0) is 74.8 Å². The molecule has 3 aromatic rings. The van der Waals surface area contributed by atoms with Gasteiger partial charge in [0.05, 0.1) is 24.8 Å². The summed E-state index contributed by atoms with van der Waals surface area (Å²) in [7, 11) is 0. The number of benzene rings is 1. The highest BCUT2D eigenvalue weighted by molar-refractivity contribution is 5.86. The van der Waals surface area contributed by atoms with Crippen molar-refractivity contribution in [3.63, 3.8) is 0 Å². The quantitative estimate of drug-likeness (QED) is 0.624. The number of hydrogen-bond donors (Lipinski definition) is 1. The SMILES string of the molecule is Cc1c(CC(=O)NCc2ccco2)c(=O)oc2cc3c(cc12)CCC1(CCCCC1)O3. The van der Waals surface area contributed by atoms with Crippen LogP contribution in [0.4, 0.5) is 0 Å². The summed E-state index contributed by atoms with van der Waals surface area (Å²) >= 11 is 0. The second-order valence-electron chi connectivity index (χ2n) is 8.83. The van der Waals surface area contributed by atoms with Crippen molar-refractivity contribution in [1.82, 2.24) is 5.32 Å². The van der Waals surface area contributed by atoms with E-state index in [4.69, 9.17) is 13.6 Å². The summed E-state index contributed by atoms with van der Waals surface area (Å²) in [6.07, 6.45) is 9.42. The van der Waals surface area contributed by atoms with Crippen molar-refractivity contribution in [2.75, 3.05) is 0 Å². The Hall–Kier alpha value is -3.02. The van der Waals surface area contributed by atoms with Crippen molar-refractivity contribution in [2.45, 2.75) is 70.4 Å². The van der Waals surface area contributed by atoms with Gasteiger partial charge in [-0.25, -0.2) is 4.79 Å². The minimum absolute atomic E-state index is 0.0263. The molecule has 1 amide bonds. The van der Waals surface area contributed by atoms with Gasteiger partial charge in [-0.15, -0.1) is 0 Å². The average Bonchev–Trinajstić information content (AvgIpc) is 3.28. The van der Waals surface area contributed by atoms with Crippen LogP contribution in [0.1, 0.15) is 61.0 Å². The minimum Gasteiger partial charge on any atom is -0.487 e. The first-order valence-corrected chi connectivity index (χ1v) is 11.1. The number of ether oxygens (including phenoxy) is 1. The lowest BCUT2D eigenvalue weighted by Gasteiger charge is -2.41. The molecule has 0 radical (unpaired) electrons. The van der Waals surface area contributed by atoms with Gasteiger partial charge in [0.1, 0.15) is 22.7 Å². The highest BCUT2D eigenvalue weighted by atomic mass is 16.5. The van der Waals surface area contributed by atoms with E-state index in [0.29, 0.717) is 16.9 Å². The topological polar surface area (TPSA) is 81.7 Å². The van der Waals surface area contributed by atoms with Crippen LogP contribution in [0.3, 0.4) is 0 Å². The molecule has 2 aromatic heterocycles. The van der Waals surface area contributed by atoms with E-state index in [1.165, 1.54) is 19.3 Å². The molecule has 1 aliphatic carbocycles. The van der Waals surface area contributed by atoms with Crippen molar-refractivity contribution in [1.29, 1.82) is 0 Å². The van der Waals surface area contributed by atoms with Gasteiger partial charge in [0.2, 0.25) is 5.91 Å². The Labute approximate surface area is 180 Å². The number of fused-ring (bicyclic) bond motifs is 2. The van der Waals surface area contributed by atoms with Gasteiger partial charge < -0.3 is 18.9 Å². The maximum atomic E-state index is 12.7. The van der Waals surface area contributed by atoms with E-state index >= 15 is 0 Å². The van der Waals surface area contributed by atoms with E-state index in [9.17, 15) is 9.59 Å². The number of rotatable bonds is 4. The second kappa shape index (κ2) is 7.91. The molecular weight excluding hydrogens is 394 g/mol. The molecule has 0 saturated heterocycles. The van der Waals surface area contributed by atoms with E-state index in [2.05, 4.69) is 11.4 Å².